The van der Waals surface area contributed by atoms with Crippen LogP contribution in [-0.4, -0.2) is 15.4 Å². The van der Waals surface area contributed by atoms with Gasteiger partial charge >= 0.3 is 0 Å². The molecule has 3 heteroatoms. The molecular formula is C24H23NOS. The van der Waals surface area contributed by atoms with Gasteiger partial charge in [0, 0.05) is 16.0 Å². The summed E-state index contributed by atoms with van der Waals surface area (Å²) in [4.78, 5) is 1.17. The quantitative estimate of drug-likeness (QED) is 0.406. The second-order valence-corrected chi connectivity index (χ2v) is 7.67. The van der Waals surface area contributed by atoms with Crippen LogP contribution in [0.5, 0.6) is 0 Å². The van der Waals surface area contributed by atoms with E-state index in [2.05, 4.69) is 47.9 Å². The number of rotatable bonds is 6. The Morgan fingerprint density at radius 3 is 2.19 bits per heavy atom. The van der Waals surface area contributed by atoms with E-state index in [1.165, 1.54) is 10.3 Å². The number of benzene rings is 3. The third-order valence-electron chi connectivity index (χ3n) is 4.70. The summed E-state index contributed by atoms with van der Waals surface area (Å²) in [7, 11) is 0. The Morgan fingerprint density at radius 1 is 0.852 bits per heavy atom. The minimum absolute atomic E-state index is 0.682. The number of aromatic nitrogens is 1. The minimum Gasteiger partial charge on any atom is -0.382 e. The Balaban J connectivity index is 2.01. The zero-order valence-corrected chi connectivity index (χ0v) is 16.2. The monoisotopic (exact) mass is 373 g/mol. The number of nitrogens with zero attached hydrogens (tertiary/aromatic N) is 1. The molecule has 0 bridgehead atoms. The van der Waals surface area contributed by atoms with Crippen LogP contribution in [0.3, 0.4) is 0 Å². The Hall–Kier alpha value is -2.49. The predicted molar refractivity (Wildman–Crippen MR) is 115 cm³/mol. The molecular weight excluding hydrogens is 350 g/mol. The van der Waals surface area contributed by atoms with Crippen molar-refractivity contribution in [3.8, 4) is 5.69 Å². The maximum absolute atomic E-state index is 11.4. The molecule has 0 fully saturated rings. The Bertz CT molecular complexity index is 1020. The average molecular weight is 374 g/mol. The van der Waals surface area contributed by atoms with Gasteiger partial charge in [0.15, 0.2) is 0 Å². The van der Waals surface area contributed by atoms with Gasteiger partial charge < -0.3 is 9.67 Å². The lowest BCUT2D eigenvalue weighted by Crippen LogP contribution is -2.08. The first-order valence-corrected chi connectivity index (χ1v) is 10.3. The smallest absolute Gasteiger partial charge is 0.120 e. The Kier molecular flexibility index (Phi) is 5.33. The van der Waals surface area contributed by atoms with Crippen LogP contribution >= 0.6 is 11.8 Å². The summed E-state index contributed by atoms with van der Waals surface area (Å²) in [6.45, 7) is 2.19. The highest BCUT2D eigenvalue weighted by molar-refractivity contribution is 7.99. The fraction of sp³-hybridized carbons (Fsp3) is 0.167. The van der Waals surface area contributed by atoms with E-state index in [0.29, 0.717) is 0 Å². The molecule has 1 unspecified atom stereocenters. The van der Waals surface area contributed by atoms with Crippen LogP contribution in [0.15, 0.2) is 89.8 Å². The van der Waals surface area contributed by atoms with E-state index in [1.54, 1.807) is 0 Å². The number of hydrogen-bond acceptors (Lipinski definition) is 2. The van der Waals surface area contributed by atoms with E-state index in [1.807, 2.05) is 60.3 Å². The highest BCUT2D eigenvalue weighted by atomic mass is 32.2. The minimum atomic E-state index is -0.682. The van der Waals surface area contributed by atoms with Crippen LogP contribution in [-0.2, 0) is 0 Å². The van der Waals surface area contributed by atoms with Crippen LogP contribution in [0.4, 0.5) is 0 Å². The lowest BCUT2D eigenvalue weighted by Gasteiger charge is -2.18. The number of para-hydroxylation sites is 2. The van der Waals surface area contributed by atoms with Crippen molar-refractivity contribution in [2.24, 2.45) is 0 Å². The molecule has 1 heterocycles. The molecule has 1 atom stereocenters. The summed E-state index contributed by atoms with van der Waals surface area (Å²) in [5.74, 6) is 1.03. The summed E-state index contributed by atoms with van der Waals surface area (Å²) >= 11 is 1.83. The Morgan fingerprint density at radius 2 is 1.48 bits per heavy atom. The summed E-state index contributed by atoms with van der Waals surface area (Å²) in [6, 6.07) is 28.7. The molecule has 1 aromatic heterocycles. The molecule has 4 aromatic rings. The van der Waals surface area contributed by atoms with Crippen molar-refractivity contribution in [3.63, 3.8) is 0 Å². The second-order valence-electron chi connectivity index (χ2n) is 6.56. The van der Waals surface area contributed by atoms with Gasteiger partial charge in [0.05, 0.1) is 11.2 Å². The third-order valence-corrected chi connectivity index (χ3v) is 6.03. The van der Waals surface area contributed by atoms with Gasteiger partial charge in [-0.1, -0.05) is 73.7 Å². The van der Waals surface area contributed by atoms with Gasteiger partial charge in [-0.15, -0.1) is 11.8 Å². The average Bonchev–Trinajstić information content (AvgIpc) is 3.07. The van der Waals surface area contributed by atoms with E-state index < -0.39 is 6.10 Å². The van der Waals surface area contributed by atoms with E-state index in [9.17, 15) is 5.11 Å². The number of aliphatic hydroxyl groups excluding tert-OH is 1. The molecule has 0 aliphatic rings. The lowest BCUT2D eigenvalue weighted by atomic mass is 10.1. The van der Waals surface area contributed by atoms with Crippen molar-refractivity contribution < 1.29 is 5.11 Å². The van der Waals surface area contributed by atoms with Crippen molar-refractivity contribution in [2.45, 2.75) is 24.3 Å². The van der Waals surface area contributed by atoms with E-state index in [-0.39, 0.29) is 0 Å². The molecule has 0 aliphatic carbocycles. The number of thioether (sulfide) groups is 1. The Labute approximate surface area is 164 Å². The first-order valence-electron chi connectivity index (χ1n) is 9.35. The van der Waals surface area contributed by atoms with E-state index in [4.69, 9.17) is 0 Å². The standard InChI is InChI=1S/C24H23NOS/c1-2-17-27-24-20-15-9-10-16-21(20)25(19-13-7-4-8-14-19)22(24)23(26)18-11-5-3-6-12-18/h3-16,23,26H,2,17H2,1H3. The molecule has 4 rings (SSSR count). The van der Waals surface area contributed by atoms with Gasteiger partial charge in [-0.2, -0.15) is 0 Å². The van der Waals surface area contributed by atoms with Gasteiger partial charge in [-0.25, -0.2) is 0 Å². The van der Waals surface area contributed by atoms with Crippen LogP contribution < -0.4 is 0 Å². The third kappa shape index (κ3) is 3.41. The molecule has 136 valence electrons. The molecule has 0 saturated heterocycles. The molecule has 0 radical (unpaired) electrons. The van der Waals surface area contributed by atoms with Crippen LogP contribution in [0.2, 0.25) is 0 Å². The van der Waals surface area contributed by atoms with Crippen molar-refractivity contribution >= 4 is 22.7 Å². The lowest BCUT2D eigenvalue weighted by molar-refractivity contribution is 0.210. The van der Waals surface area contributed by atoms with Crippen molar-refractivity contribution in [3.05, 3.63) is 96.2 Å². The molecule has 1 N–H and O–H groups in total. The highest BCUT2D eigenvalue weighted by Crippen LogP contribution is 2.41. The predicted octanol–water partition coefficient (Wildman–Crippen LogP) is 6.21. The van der Waals surface area contributed by atoms with Gasteiger partial charge in [0.1, 0.15) is 6.10 Å². The van der Waals surface area contributed by atoms with E-state index >= 15 is 0 Å². The normalized spacial score (nSPS) is 12.4. The summed E-state index contributed by atoms with van der Waals surface area (Å²) < 4.78 is 2.21. The second kappa shape index (κ2) is 8.03. The van der Waals surface area contributed by atoms with Gasteiger partial charge in [0.25, 0.3) is 0 Å². The summed E-state index contributed by atoms with van der Waals surface area (Å²) in [5.41, 5.74) is 4.07. The largest absolute Gasteiger partial charge is 0.382 e. The number of hydrogen-bond donors (Lipinski definition) is 1. The highest BCUT2D eigenvalue weighted by Gasteiger charge is 2.25. The maximum Gasteiger partial charge on any atom is 0.120 e. The maximum atomic E-state index is 11.4. The van der Waals surface area contributed by atoms with Gasteiger partial charge in [-0.3, -0.25) is 0 Å². The zero-order valence-electron chi connectivity index (χ0n) is 15.4. The first kappa shape index (κ1) is 17.9. The van der Waals surface area contributed by atoms with Crippen LogP contribution in [0.1, 0.15) is 30.7 Å². The fourth-order valence-electron chi connectivity index (χ4n) is 3.48. The molecule has 0 saturated carbocycles. The molecule has 3 aromatic carbocycles. The van der Waals surface area contributed by atoms with Crippen molar-refractivity contribution in [2.75, 3.05) is 5.75 Å². The molecule has 2 nitrogen and oxygen atoms in total. The van der Waals surface area contributed by atoms with Crippen LogP contribution in [0.25, 0.3) is 16.6 Å². The molecule has 0 spiro atoms. The SMILES string of the molecule is CCCSc1c(C(O)c2ccccc2)n(-c2ccccc2)c2ccccc12. The van der Waals surface area contributed by atoms with E-state index in [0.717, 1.165) is 34.6 Å². The first-order chi connectivity index (χ1) is 13.3. The molecule has 0 amide bonds. The van der Waals surface area contributed by atoms with Crippen LogP contribution in [0, 0.1) is 0 Å². The van der Waals surface area contributed by atoms with Gasteiger partial charge in [0.2, 0.25) is 0 Å². The van der Waals surface area contributed by atoms with Crippen molar-refractivity contribution in [1.29, 1.82) is 0 Å². The zero-order chi connectivity index (χ0) is 18.6. The van der Waals surface area contributed by atoms with Gasteiger partial charge in [-0.05, 0) is 35.9 Å². The molecule has 0 aliphatic heterocycles. The molecule has 27 heavy (non-hydrogen) atoms. The van der Waals surface area contributed by atoms with Crippen molar-refractivity contribution in [1.82, 2.24) is 4.57 Å². The number of aliphatic hydroxyl groups is 1. The topological polar surface area (TPSA) is 25.2 Å². The summed E-state index contributed by atoms with van der Waals surface area (Å²) in [5, 5.41) is 12.6. The number of fused-ring (bicyclic) bond motifs is 1. The summed E-state index contributed by atoms with van der Waals surface area (Å²) in [6.07, 6.45) is 0.411. The fourth-order valence-corrected chi connectivity index (χ4v) is 4.57.